The maximum atomic E-state index is 9.21. The summed E-state index contributed by atoms with van der Waals surface area (Å²) in [7, 11) is 0. The standard InChI is InChI=1S/C16H26ClNO3/c1-5-13(10-19)18-9-12-7-14(17)16(21-11(3)4)15(8-12)20-6-2/h7-8,11,13,18-19H,5-6,9-10H2,1-4H3/t13-/m0/s1. The second-order valence-corrected chi connectivity index (χ2v) is 5.58. The molecular weight excluding hydrogens is 290 g/mol. The van der Waals surface area contributed by atoms with Crippen molar-refractivity contribution in [1.29, 1.82) is 0 Å². The molecule has 0 saturated carbocycles. The predicted molar refractivity (Wildman–Crippen MR) is 86.4 cm³/mol. The lowest BCUT2D eigenvalue weighted by Crippen LogP contribution is -2.31. The zero-order valence-electron chi connectivity index (χ0n) is 13.3. The monoisotopic (exact) mass is 315 g/mol. The minimum Gasteiger partial charge on any atom is -0.490 e. The van der Waals surface area contributed by atoms with E-state index in [1.165, 1.54) is 0 Å². The number of halogens is 1. The molecule has 0 amide bonds. The number of hydrogen-bond acceptors (Lipinski definition) is 4. The van der Waals surface area contributed by atoms with Crippen LogP contribution in [0, 0.1) is 0 Å². The Bertz CT molecular complexity index is 434. The summed E-state index contributed by atoms with van der Waals surface area (Å²) in [5, 5.41) is 13.0. The van der Waals surface area contributed by atoms with E-state index < -0.39 is 0 Å². The molecule has 0 aromatic heterocycles. The Labute approximate surface area is 132 Å². The Morgan fingerprint density at radius 3 is 2.52 bits per heavy atom. The molecule has 0 unspecified atom stereocenters. The van der Waals surface area contributed by atoms with Gasteiger partial charge in [-0.15, -0.1) is 0 Å². The summed E-state index contributed by atoms with van der Waals surface area (Å²) >= 11 is 6.32. The highest BCUT2D eigenvalue weighted by molar-refractivity contribution is 6.32. The number of hydrogen-bond donors (Lipinski definition) is 2. The zero-order valence-corrected chi connectivity index (χ0v) is 14.0. The molecule has 0 aliphatic heterocycles. The normalized spacial score (nSPS) is 12.5. The average molecular weight is 316 g/mol. The van der Waals surface area contributed by atoms with Crippen molar-refractivity contribution >= 4 is 11.6 Å². The topological polar surface area (TPSA) is 50.7 Å². The molecular formula is C16H26ClNO3. The zero-order chi connectivity index (χ0) is 15.8. The van der Waals surface area contributed by atoms with Crippen molar-refractivity contribution in [3.8, 4) is 11.5 Å². The average Bonchev–Trinajstić information content (AvgIpc) is 2.43. The van der Waals surface area contributed by atoms with Crippen LogP contribution in [0.5, 0.6) is 11.5 Å². The lowest BCUT2D eigenvalue weighted by atomic mass is 10.1. The second kappa shape index (κ2) is 9.13. The van der Waals surface area contributed by atoms with Gasteiger partial charge in [0, 0.05) is 12.6 Å². The largest absolute Gasteiger partial charge is 0.490 e. The van der Waals surface area contributed by atoms with Crippen LogP contribution in [0.1, 0.15) is 39.7 Å². The van der Waals surface area contributed by atoms with Crippen LogP contribution in [0.2, 0.25) is 5.02 Å². The highest BCUT2D eigenvalue weighted by Crippen LogP contribution is 2.37. The van der Waals surface area contributed by atoms with E-state index in [1.807, 2.05) is 39.8 Å². The Kier molecular flexibility index (Phi) is 7.86. The first kappa shape index (κ1) is 18.1. The van der Waals surface area contributed by atoms with Crippen LogP contribution in [0.15, 0.2) is 12.1 Å². The van der Waals surface area contributed by atoms with Gasteiger partial charge in [-0.25, -0.2) is 0 Å². The van der Waals surface area contributed by atoms with E-state index in [4.69, 9.17) is 21.1 Å². The molecule has 0 heterocycles. The van der Waals surface area contributed by atoms with Gasteiger partial charge in [-0.1, -0.05) is 18.5 Å². The van der Waals surface area contributed by atoms with Crippen LogP contribution in [0.3, 0.4) is 0 Å². The van der Waals surface area contributed by atoms with E-state index >= 15 is 0 Å². The minimum absolute atomic E-state index is 0.0320. The van der Waals surface area contributed by atoms with Crippen LogP contribution in [0.4, 0.5) is 0 Å². The molecule has 0 aliphatic rings. The van der Waals surface area contributed by atoms with Crippen molar-refractivity contribution < 1.29 is 14.6 Å². The summed E-state index contributed by atoms with van der Waals surface area (Å²) < 4.78 is 11.4. The van der Waals surface area contributed by atoms with Crippen molar-refractivity contribution in [2.24, 2.45) is 0 Å². The highest BCUT2D eigenvalue weighted by Gasteiger charge is 2.14. The molecule has 1 atom stereocenters. The van der Waals surface area contributed by atoms with E-state index in [2.05, 4.69) is 5.32 Å². The molecule has 0 fully saturated rings. The molecule has 0 radical (unpaired) electrons. The Balaban J connectivity index is 2.92. The minimum atomic E-state index is 0.0320. The predicted octanol–water partition coefficient (Wildman–Crippen LogP) is 3.39. The third-order valence-corrected chi connectivity index (χ3v) is 3.31. The first-order valence-electron chi connectivity index (χ1n) is 7.47. The van der Waals surface area contributed by atoms with E-state index in [-0.39, 0.29) is 18.8 Å². The third kappa shape index (κ3) is 5.73. The molecule has 0 aliphatic carbocycles. The van der Waals surface area contributed by atoms with E-state index in [1.54, 1.807) is 0 Å². The van der Waals surface area contributed by atoms with Gasteiger partial charge in [-0.2, -0.15) is 0 Å². The fourth-order valence-electron chi connectivity index (χ4n) is 1.94. The first-order chi connectivity index (χ1) is 10.0. The molecule has 2 N–H and O–H groups in total. The van der Waals surface area contributed by atoms with Crippen molar-refractivity contribution in [2.45, 2.75) is 52.8 Å². The summed E-state index contributed by atoms with van der Waals surface area (Å²) in [5.41, 5.74) is 1.01. The number of ether oxygens (including phenoxy) is 2. The highest BCUT2D eigenvalue weighted by atomic mass is 35.5. The van der Waals surface area contributed by atoms with Gasteiger partial charge in [0.25, 0.3) is 0 Å². The van der Waals surface area contributed by atoms with E-state index in [0.29, 0.717) is 29.7 Å². The van der Waals surface area contributed by atoms with E-state index in [0.717, 1.165) is 12.0 Å². The molecule has 21 heavy (non-hydrogen) atoms. The van der Waals surface area contributed by atoms with Crippen molar-refractivity contribution in [3.63, 3.8) is 0 Å². The fourth-order valence-corrected chi connectivity index (χ4v) is 2.21. The summed E-state index contributed by atoms with van der Waals surface area (Å²) in [6, 6.07) is 3.90. The number of benzene rings is 1. The molecule has 1 rings (SSSR count). The Morgan fingerprint density at radius 2 is 2.00 bits per heavy atom. The number of rotatable bonds is 9. The van der Waals surface area contributed by atoms with E-state index in [9.17, 15) is 5.11 Å². The molecule has 5 heteroatoms. The van der Waals surface area contributed by atoms with Gasteiger partial charge in [0.05, 0.1) is 24.3 Å². The van der Waals surface area contributed by atoms with Gasteiger partial charge >= 0.3 is 0 Å². The number of aliphatic hydroxyl groups excluding tert-OH is 1. The summed E-state index contributed by atoms with van der Waals surface area (Å²) in [4.78, 5) is 0. The Morgan fingerprint density at radius 1 is 1.29 bits per heavy atom. The Hall–Kier alpha value is -0.970. The van der Waals surface area contributed by atoms with Gasteiger partial charge in [0.1, 0.15) is 0 Å². The molecule has 0 bridgehead atoms. The van der Waals surface area contributed by atoms with Crippen LogP contribution in [0.25, 0.3) is 0 Å². The van der Waals surface area contributed by atoms with Gasteiger partial charge in [0.15, 0.2) is 11.5 Å². The summed E-state index contributed by atoms with van der Waals surface area (Å²) in [5.74, 6) is 1.25. The quantitative estimate of drug-likeness (QED) is 0.733. The second-order valence-electron chi connectivity index (χ2n) is 5.17. The lowest BCUT2D eigenvalue weighted by Gasteiger charge is -2.18. The molecule has 1 aromatic carbocycles. The van der Waals surface area contributed by atoms with Gasteiger partial charge < -0.3 is 19.9 Å². The van der Waals surface area contributed by atoms with Gasteiger partial charge in [-0.3, -0.25) is 0 Å². The van der Waals surface area contributed by atoms with Crippen molar-refractivity contribution in [2.75, 3.05) is 13.2 Å². The summed E-state index contributed by atoms with van der Waals surface area (Å²) in [6.07, 6.45) is 0.904. The molecule has 0 spiro atoms. The van der Waals surface area contributed by atoms with Crippen LogP contribution in [-0.2, 0) is 6.54 Å². The molecule has 120 valence electrons. The first-order valence-corrected chi connectivity index (χ1v) is 7.85. The van der Waals surface area contributed by atoms with Gasteiger partial charge in [-0.05, 0) is 44.9 Å². The SMILES string of the molecule is CCOc1cc(CN[C@@H](CC)CO)cc(Cl)c1OC(C)C. The van der Waals surface area contributed by atoms with Crippen molar-refractivity contribution in [3.05, 3.63) is 22.7 Å². The van der Waals surface area contributed by atoms with Crippen LogP contribution < -0.4 is 14.8 Å². The van der Waals surface area contributed by atoms with Gasteiger partial charge in [0.2, 0.25) is 0 Å². The molecule has 1 aromatic rings. The molecule has 4 nitrogen and oxygen atoms in total. The number of aliphatic hydroxyl groups is 1. The van der Waals surface area contributed by atoms with Crippen molar-refractivity contribution in [1.82, 2.24) is 5.32 Å². The maximum Gasteiger partial charge on any atom is 0.180 e. The summed E-state index contributed by atoms with van der Waals surface area (Å²) in [6.45, 7) is 9.17. The maximum absolute atomic E-state index is 9.21. The molecule has 0 saturated heterocycles. The van der Waals surface area contributed by atoms with Crippen LogP contribution in [-0.4, -0.2) is 30.5 Å². The smallest absolute Gasteiger partial charge is 0.180 e. The fraction of sp³-hybridized carbons (Fsp3) is 0.625. The number of nitrogens with one attached hydrogen (secondary N) is 1. The third-order valence-electron chi connectivity index (χ3n) is 3.03. The van der Waals surface area contributed by atoms with Crippen LogP contribution >= 0.6 is 11.6 Å². The lowest BCUT2D eigenvalue weighted by molar-refractivity contribution is 0.223.